The van der Waals surface area contributed by atoms with E-state index in [0.717, 1.165) is 10.0 Å². The molecule has 0 aliphatic rings. The fourth-order valence-corrected chi connectivity index (χ4v) is 1.62. The number of pyridine rings is 1. The monoisotopic (exact) mass is 277 g/mol. The van der Waals surface area contributed by atoms with E-state index in [1.165, 1.54) is 5.56 Å². The minimum absolute atomic E-state index is 0.601. The second-order valence-corrected chi connectivity index (χ2v) is 4.40. The summed E-state index contributed by atoms with van der Waals surface area (Å²) in [5, 5.41) is 0. The fourth-order valence-electron chi connectivity index (χ4n) is 1.35. The molecule has 0 atom stereocenters. The zero-order valence-electron chi connectivity index (χ0n) is 8.77. The first-order valence-electron chi connectivity index (χ1n) is 5.06. The molecule has 0 amide bonds. The minimum Gasteiger partial charge on any atom is -0.372 e. The molecule has 0 fully saturated rings. The van der Waals surface area contributed by atoms with E-state index in [4.69, 9.17) is 4.74 Å². The molecule has 0 saturated heterocycles. The van der Waals surface area contributed by atoms with Gasteiger partial charge in [0.05, 0.1) is 13.2 Å². The van der Waals surface area contributed by atoms with Crippen molar-refractivity contribution in [1.82, 2.24) is 4.98 Å². The Balaban J connectivity index is 1.82. The van der Waals surface area contributed by atoms with Gasteiger partial charge in [-0.1, -0.05) is 34.1 Å². The quantitative estimate of drug-likeness (QED) is 0.853. The van der Waals surface area contributed by atoms with E-state index in [1.54, 1.807) is 6.20 Å². The maximum absolute atomic E-state index is 5.59. The van der Waals surface area contributed by atoms with Crippen LogP contribution in [0.25, 0.3) is 0 Å². The average molecular weight is 278 g/mol. The zero-order valence-corrected chi connectivity index (χ0v) is 10.4. The van der Waals surface area contributed by atoms with Crippen molar-refractivity contribution < 1.29 is 4.74 Å². The van der Waals surface area contributed by atoms with Gasteiger partial charge in [0, 0.05) is 16.9 Å². The third kappa shape index (κ3) is 3.43. The lowest BCUT2D eigenvalue weighted by Gasteiger charge is -2.04. The maximum Gasteiger partial charge on any atom is 0.0736 e. The maximum atomic E-state index is 5.59. The Morgan fingerprint density at radius 3 is 2.44 bits per heavy atom. The van der Waals surface area contributed by atoms with Crippen LogP contribution in [0.3, 0.4) is 0 Å². The van der Waals surface area contributed by atoms with Crippen molar-refractivity contribution in [2.45, 2.75) is 13.2 Å². The van der Waals surface area contributed by atoms with E-state index < -0.39 is 0 Å². The first-order chi connectivity index (χ1) is 7.84. The van der Waals surface area contributed by atoms with Crippen LogP contribution in [0.1, 0.15) is 11.1 Å². The van der Waals surface area contributed by atoms with Gasteiger partial charge in [0.15, 0.2) is 0 Å². The molecule has 82 valence electrons. The molecule has 16 heavy (non-hydrogen) atoms. The molecule has 0 N–H and O–H groups in total. The third-order valence-electron chi connectivity index (χ3n) is 2.17. The Morgan fingerprint density at radius 1 is 1.00 bits per heavy atom. The van der Waals surface area contributed by atoms with Gasteiger partial charge < -0.3 is 4.74 Å². The molecule has 2 nitrogen and oxygen atoms in total. The summed E-state index contributed by atoms with van der Waals surface area (Å²) in [6.07, 6.45) is 3.58. The van der Waals surface area contributed by atoms with Gasteiger partial charge in [-0.25, -0.2) is 0 Å². The van der Waals surface area contributed by atoms with Gasteiger partial charge in [-0.3, -0.25) is 4.98 Å². The normalized spacial score (nSPS) is 10.3. The summed E-state index contributed by atoms with van der Waals surface area (Å²) >= 11 is 3.40. The number of halogens is 1. The molecule has 2 rings (SSSR count). The van der Waals surface area contributed by atoms with Crippen LogP contribution >= 0.6 is 15.9 Å². The molecule has 0 aliphatic carbocycles. The predicted octanol–water partition coefficient (Wildman–Crippen LogP) is 3.56. The standard InChI is InChI=1S/C13H12BrNO/c14-13-5-3-11(4-6-13)9-16-10-12-2-1-7-15-8-12/h1-8H,9-10H2. The molecular formula is C13H12BrNO. The van der Waals surface area contributed by atoms with Crippen molar-refractivity contribution >= 4 is 15.9 Å². The highest BCUT2D eigenvalue weighted by Crippen LogP contribution is 2.11. The van der Waals surface area contributed by atoms with E-state index >= 15 is 0 Å². The number of hydrogen-bond donors (Lipinski definition) is 0. The lowest BCUT2D eigenvalue weighted by atomic mass is 10.2. The molecule has 2 aromatic rings. The summed E-state index contributed by atoms with van der Waals surface area (Å²) in [6, 6.07) is 12.1. The summed E-state index contributed by atoms with van der Waals surface area (Å²) < 4.78 is 6.68. The summed E-state index contributed by atoms with van der Waals surface area (Å²) in [6.45, 7) is 1.23. The van der Waals surface area contributed by atoms with E-state index in [2.05, 4.69) is 20.9 Å². The van der Waals surface area contributed by atoms with E-state index in [9.17, 15) is 0 Å². The van der Waals surface area contributed by atoms with Crippen molar-refractivity contribution in [1.29, 1.82) is 0 Å². The predicted molar refractivity (Wildman–Crippen MR) is 66.9 cm³/mol. The van der Waals surface area contributed by atoms with E-state index in [1.807, 2.05) is 42.6 Å². The third-order valence-corrected chi connectivity index (χ3v) is 2.70. The molecule has 1 aromatic heterocycles. The van der Waals surface area contributed by atoms with E-state index in [0.29, 0.717) is 13.2 Å². The van der Waals surface area contributed by atoms with Gasteiger partial charge in [-0.05, 0) is 29.3 Å². The molecule has 0 aliphatic heterocycles. The SMILES string of the molecule is Brc1ccc(COCc2cccnc2)cc1. The van der Waals surface area contributed by atoms with Crippen LogP contribution in [0.2, 0.25) is 0 Å². The lowest BCUT2D eigenvalue weighted by Crippen LogP contribution is -1.94. The van der Waals surface area contributed by atoms with Gasteiger partial charge in [-0.15, -0.1) is 0 Å². The minimum atomic E-state index is 0.601. The first-order valence-corrected chi connectivity index (χ1v) is 5.85. The van der Waals surface area contributed by atoms with Crippen LogP contribution < -0.4 is 0 Å². The van der Waals surface area contributed by atoms with Crippen LogP contribution in [0.4, 0.5) is 0 Å². The number of aromatic nitrogens is 1. The van der Waals surface area contributed by atoms with Crippen LogP contribution in [0.15, 0.2) is 53.3 Å². The van der Waals surface area contributed by atoms with Crippen molar-refractivity contribution in [2.24, 2.45) is 0 Å². The largest absolute Gasteiger partial charge is 0.372 e. The Kier molecular flexibility index (Phi) is 4.08. The molecule has 1 heterocycles. The summed E-state index contributed by atoms with van der Waals surface area (Å²) in [5.74, 6) is 0. The highest BCUT2D eigenvalue weighted by Gasteiger charge is 1.95. The Bertz CT molecular complexity index is 427. The van der Waals surface area contributed by atoms with Gasteiger partial charge in [0.25, 0.3) is 0 Å². The highest BCUT2D eigenvalue weighted by atomic mass is 79.9. The van der Waals surface area contributed by atoms with Crippen LogP contribution in [-0.4, -0.2) is 4.98 Å². The second-order valence-electron chi connectivity index (χ2n) is 3.48. The molecule has 3 heteroatoms. The van der Waals surface area contributed by atoms with Gasteiger partial charge in [0.2, 0.25) is 0 Å². The van der Waals surface area contributed by atoms with Crippen LogP contribution in [0.5, 0.6) is 0 Å². The molecular weight excluding hydrogens is 266 g/mol. The average Bonchev–Trinajstić information content (AvgIpc) is 2.33. The summed E-state index contributed by atoms with van der Waals surface area (Å²) in [5.41, 5.74) is 2.27. The summed E-state index contributed by atoms with van der Waals surface area (Å²) in [7, 11) is 0. The highest BCUT2D eigenvalue weighted by molar-refractivity contribution is 9.10. The number of nitrogens with zero attached hydrogens (tertiary/aromatic N) is 1. The molecule has 0 saturated carbocycles. The van der Waals surface area contributed by atoms with Crippen molar-refractivity contribution in [3.8, 4) is 0 Å². The van der Waals surface area contributed by atoms with Crippen LogP contribution in [0, 0.1) is 0 Å². The van der Waals surface area contributed by atoms with E-state index in [-0.39, 0.29) is 0 Å². The van der Waals surface area contributed by atoms with Gasteiger partial charge >= 0.3 is 0 Å². The van der Waals surface area contributed by atoms with Gasteiger partial charge in [-0.2, -0.15) is 0 Å². The zero-order chi connectivity index (χ0) is 11.2. The first kappa shape index (κ1) is 11.3. The molecule has 0 bridgehead atoms. The second kappa shape index (κ2) is 5.77. The smallest absolute Gasteiger partial charge is 0.0736 e. The molecule has 1 aromatic carbocycles. The molecule has 0 radical (unpaired) electrons. The molecule has 0 unspecified atom stereocenters. The van der Waals surface area contributed by atoms with Crippen molar-refractivity contribution in [3.05, 3.63) is 64.4 Å². The van der Waals surface area contributed by atoms with Crippen molar-refractivity contribution in [3.63, 3.8) is 0 Å². The summed E-state index contributed by atoms with van der Waals surface area (Å²) in [4.78, 5) is 4.04. The number of ether oxygens (including phenoxy) is 1. The topological polar surface area (TPSA) is 22.1 Å². The van der Waals surface area contributed by atoms with Crippen molar-refractivity contribution in [2.75, 3.05) is 0 Å². The van der Waals surface area contributed by atoms with Crippen LogP contribution in [-0.2, 0) is 18.0 Å². The lowest BCUT2D eigenvalue weighted by molar-refractivity contribution is 0.107. The Morgan fingerprint density at radius 2 is 1.75 bits per heavy atom. The molecule has 0 spiro atoms. The Labute approximate surface area is 103 Å². The Hall–Kier alpha value is -1.19. The number of benzene rings is 1. The number of hydrogen-bond acceptors (Lipinski definition) is 2. The fraction of sp³-hybridized carbons (Fsp3) is 0.154. The van der Waals surface area contributed by atoms with Gasteiger partial charge in [0.1, 0.15) is 0 Å². The number of rotatable bonds is 4.